The molecule has 2 rings (SSSR count). The van der Waals surface area contributed by atoms with Crippen molar-refractivity contribution in [3.63, 3.8) is 0 Å². The van der Waals surface area contributed by atoms with Crippen LogP contribution >= 0.6 is 0 Å². The van der Waals surface area contributed by atoms with Gasteiger partial charge in [0.2, 0.25) is 5.91 Å². The molecule has 1 aliphatic rings. The predicted octanol–water partition coefficient (Wildman–Crippen LogP) is 2.99. The van der Waals surface area contributed by atoms with Crippen LogP contribution in [0.1, 0.15) is 37.6 Å². The summed E-state index contributed by atoms with van der Waals surface area (Å²) in [6.45, 7) is 6.74. The molecule has 6 heteroatoms. The van der Waals surface area contributed by atoms with Gasteiger partial charge in [-0.25, -0.2) is 4.39 Å². The number of hydrogen-bond donors (Lipinski definition) is 0. The van der Waals surface area contributed by atoms with E-state index in [1.807, 2.05) is 19.9 Å². The first kappa shape index (κ1) is 19.1. The first-order valence-corrected chi connectivity index (χ1v) is 8.43. The van der Waals surface area contributed by atoms with Crippen LogP contribution in [0.15, 0.2) is 29.8 Å². The largest absolute Gasteiger partial charge is 0.490 e. The number of benzene rings is 1. The average Bonchev–Trinajstić information content (AvgIpc) is 2.60. The van der Waals surface area contributed by atoms with Crippen molar-refractivity contribution in [1.82, 2.24) is 4.90 Å². The normalized spacial score (nSPS) is 18.2. The van der Waals surface area contributed by atoms with Crippen molar-refractivity contribution in [2.24, 2.45) is 0 Å². The highest BCUT2D eigenvalue weighted by molar-refractivity contribution is 5.96. The van der Waals surface area contributed by atoms with Gasteiger partial charge in [-0.05, 0) is 38.5 Å². The van der Waals surface area contributed by atoms with E-state index in [0.717, 1.165) is 18.1 Å². The minimum Gasteiger partial charge on any atom is -0.490 e. The van der Waals surface area contributed by atoms with Gasteiger partial charge in [0.15, 0.2) is 5.78 Å². The standard InChI is InChI=1S/C19H24FNO4/c1-4-5-13(2)19(23)21-8-9-24-16(11-21)12-25-18-7-6-15(20)10-17(18)14(3)22/h5-7,10,16H,4,8-9,11-12H2,1-3H3. The number of ketones is 1. The van der Waals surface area contributed by atoms with Crippen molar-refractivity contribution >= 4 is 11.7 Å². The number of halogens is 1. The van der Waals surface area contributed by atoms with Gasteiger partial charge >= 0.3 is 0 Å². The number of hydrogen-bond acceptors (Lipinski definition) is 4. The predicted molar refractivity (Wildman–Crippen MR) is 92.3 cm³/mol. The molecule has 0 N–H and O–H groups in total. The van der Waals surface area contributed by atoms with Gasteiger partial charge in [0.05, 0.1) is 18.7 Å². The summed E-state index contributed by atoms with van der Waals surface area (Å²) in [5.41, 5.74) is 0.923. The number of carbonyl (C=O) groups excluding carboxylic acids is 2. The van der Waals surface area contributed by atoms with E-state index >= 15 is 0 Å². The lowest BCUT2D eigenvalue weighted by atomic mass is 10.1. The van der Waals surface area contributed by atoms with E-state index in [0.29, 0.717) is 25.4 Å². The van der Waals surface area contributed by atoms with Crippen LogP contribution in [0.3, 0.4) is 0 Å². The van der Waals surface area contributed by atoms with Crippen LogP contribution in [-0.2, 0) is 9.53 Å². The van der Waals surface area contributed by atoms with Gasteiger partial charge in [-0.2, -0.15) is 0 Å². The Morgan fingerprint density at radius 2 is 2.16 bits per heavy atom. The molecule has 1 unspecified atom stereocenters. The molecule has 0 spiro atoms. The van der Waals surface area contributed by atoms with E-state index in [2.05, 4.69) is 0 Å². The Balaban J connectivity index is 1.99. The second-order valence-electron chi connectivity index (χ2n) is 6.05. The molecule has 1 amide bonds. The van der Waals surface area contributed by atoms with Crippen LogP contribution in [0, 0.1) is 5.82 Å². The molecule has 1 heterocycles. The molecule has 0 radical (unpaired) electrons. The van der Waals surface area contributed by atoms with E-state index in [9.17, 15) is 14.0 Å². The molecule has 1 saturated heterocycles. The number of nitrogens with zero attached hydrogens (tertiary/aromatic N) is 1. The number of ether oxygens (including phenoxy) is 2. The monoisotopic (exact) mass is 349 g/mol. The number of allylic oxidation sites excluding steroid dienone is 1. The minimum atomic E-state index is -0.485. The molecule has 0 saturated carbocycles. The maximum atomic E-state index is 13.3. The fraction of sp³-hybridized carbons (Fsp3) is 0.474. The molecule has 0 aliphatic carbocycles. The summed E-state index contributed by atoms with van der Waals surface area (Å²) in [5, 5.41) is 0. The number of rotatable bonds is 6. The smallest absolute Gasteiger partial charge is 0.249 e. The number of morpholine rings is 1. The second kappa shape index (κ2) is 8.76. The van der Waals surface area contributed by atoms with Gasteiger partial charge in [0.1, 0.15) is 24.3 Å². The van der Waals surface area contributed by atoms with Crippen molar-refractivity contribution in [1.29, 1.82) is 0 Å². The molecular formula is C19H24FNO4. The summed E-state index contributed by atoms with van der Waals surface area (Å²) in [6.07, 6.45) is 2.42. The molecule has 0 bridgehead atoms. The lowest BCUT2D eigenvalue weighted by Crippen LogP contribution is -2.47. The van der Waals surface area contributed by atoms with Crippen LogP contribution in [-0.4, -0.2) is 49.0 Å². The van der Waals surface area contributed by atoms with Crippen molar-refractivity contribution in [3.05, 3.63) is 41.2 Å². The van der Waals surface area contributed by atoms with Gasteiger partial charge in [0, 0.05) is 12.1 Å². The van der Waals surface area contributed by atoms with Crippen LogP contribution < -0.4 is 4.74 Å². The first-order chi connectivity index (χ1) is 11.9. The third kappa shape index (κ3) is 5.13. The third-order valence-electron chi connectivity index (χ3n) is 4.02. The maximum absolute atomic E-state index is 13.3. The zero-order chi connectivity index (χ0) is 18.4. The fourth-order valence-corrected chi connectivity index (χ4v) is 2.73. The molecular weight excluding hydrogens is 325 g/mol. The summed E-state index contributed by atoms with van der Waals surface area (Å²) in [6, 6.07) is 3.85. The summed E-state index contributed by atoms with van der Waals surface area (Å²) < 4.78 is 24.6. The molecule has 5 nitrogen and oxygen atoms in total. The Bertz CT molecular complexity index is 671. The summed E-state index contributed by atoms with van der Waals surface area (Å²) in [5.74, 6) is -0.429. The van der Waals surface area contributed by atoms with Crippen LogP contribution in [0.4, 0.5) is 4.39 Å². The van der Waals surface area contributed by atoms with Crippen molar-refractivity contribution < 1.29 is 23.5 Å². The molecule has 1 aromatic rings. The highest BCUT2D eigenvalue weighted by atomic mass is 19.1. The maximum Gasteiger partial charge on any atom is 0.249 e. The minimum absolute atomic E-state index is 0.00126. The second-order valence-corrected chi connectivity index (χ2v) is 6.05. The lowest BCUT2D eigenvalue weighted by Gasteiger charge is -2.33. The van der Waals surface area contributed by atoms with Crippen molar-refractivity contribution in [3.8, 4) is 5.75 Å². The molecule has 1 atom stereocenters. The highest BCUT2D eigenvalue weighted by Gasteiger charge is 2.25. The Morgan fingerprint density at radius 1 is 1.40 bits per heavy atom. The van der Waals surface area contributed by atoms with Gasteiger partial charge in [0.25, 0.3) is 0 Å². The van der Waals surface area contributed by atoms with Gasteiger partial charge in [-0.15, -0.1) is 0 Å². The summed E-state index contributed by atoms with van der Waals surface area (Å²) in [4.78, 5) is 25.7. The van der Waals surface area contributed by atoms with Crippen LogP contribution in [0.2, 0.25) is 0 Å². The SMILES string of the molecule is CCC=C(C)C(=O)N1CCOC(COc2ccc(F)cc2C(C)=O)C1. The number of carbonyl (C=O) groups is 2. The van der Waals surface area contributed by atoms with Crippen molar-refractivity contribution in [2.75, 3.05) is 26.3 Å². The Morgan fingerprint density at radius 3 is 2.84 bits per heavy atom. The van der Waals surface area contributed by atoms with Crippen LogP contribution in [0.5, 0.6) is 5.75 Å². The Labute approximate surface area is 147 Å². The lowest BCUT2D eigenvalue weighted by molar-refractivity contribution is -0.135. The van der Waals surface area contributed by atoms with Gasteiger partial charge < -0.3 is 14.4 Å². The zero-order valence-electron chi connectivity index (χ0n) is 14.9. The summed E-state index contributed by atoms with van der Waals surface area (Å²) >= 11 is 0. The van der Waals surface area contributed by atoms with E-state index < -0.39 is 5.82 Å². The van der Waals surface area contributed by atoms with Crippen molar-refractivity contribution in [2.45, 2.75) is 33.3 Å². The highest BCUT2D eigenvalue weighted by Crippen LogP contribution is 2.21. The fourth-order valence-electron chi connectivity index (χ4n) is 2.73. The number of amides is 1. The van der Waals surface area contributed by atoms with Crippen LogP contribution in [0.25, 0.3) is 0 Å². The molecule has 1 aromatic carbocycles. The van der Waals surface area contributed by atoms with E-state index in [4.69, 9.17) is 9.47 Å². The molecule has 0 aromatic heterocycles. The third-order valence-corrected chi connectivity index (χ3v) is 4.02. The average molecular weight is 349 g/mol. The zero-order valence-corrected chi connectivity index (χ0v) is 14.9. The number of Topliss-reactive ketones (excluding diaryl/α,β-unsaturated/α-hetero) is 1. The summed E-state index contributed by atoms with van der Waals surface area (Å²) in [7, 11) is 0. The first-order valence-electron chi connectivity index (χ1n) is 8.43. The quantitative estimate of drug-likeness (QED) is 0.585. The topological polar surface area (TPSA) is 55.8 Å². The van der Waals surface area contributed by atoms with Gasteiger partial charge in [-0.1, -0.05) is 13.0 Å². The van der Waals surface area contributed by atoms with E-state index in [-0.39, 0.29) is 30.0 Å². The Kier molecular flexibility index (Phi) is 6.70. The molecule has 1 fully saturated rings. The molecule has 1 aliphatic heterocycles. The van der Waals surface area contributed by atoms with Gasteiger partial charge in [-0.3, -0.25) is 9.59 Å². The Hall–Kier alpha value is -2.21. The molecule has 25 heavy (non-hydrogen) atoms. The van der Waals surface area contributed by atoms with E-state index in [1.165, 1.54) is 19.1 Å². The molecule has 136 valence electrons. The van der Waals surface area contributed by atoms with E-state index in [1.54, 1.807) is 4.90 Å².